The lowest BCUT2D eigenvalue weighted by atomic mass is 10.1. The second kappa shape index (κ2) is 10.8. The number of benzene rings is 3. The molecule has 0 saturated carbocycles. The van der Waals surface area contributed by atoms with Gasteiger partial charge in [-0.15, -0.1) is 0 Å². The molecule has 5 heteroatoms. The number of amides is 1. The topological polar surface area (TPSA) is 47.6 Å². The van der Waals surface area contributed by atoms with Gasteiger partial charge in [0.1, 0.15) is 11.5 Å². The van der Waals surface area contributed by atoms with Gasteiger partial charge in [-0.3, -0.25) is 4.79 Å². The number of rotatable bonds is 9. The third kappa shape index (κ3) is 6.63. The van der Waals surface area contributed by atoms with Gasteiger partial charge in [0.05, 0.1) is 18.8 Å². The minimum Gasteiger partial charge on any atom is -0.493 e. The molecular formula is C25H26BrNO3. The summed E-state index contributed by atoms with van der Waals surface area (Å²) < 4.78 is 12.4. The van der Waals surface area contributed by atoms with Crippen LogP contribution in [0.2, 0.25) is 0 Å². The van der Waals surface area contributed by atoms with Crippen molar-refractivity contribution >= 4 is 27.5 Å². The quantitative estimate of drug-likeness (QED) is 0.398. The van der Waals surface area contributed by atoms with E-state index in [1.165, 1.54) is 5.56 Å². The summed E-state index contributed by atoms with van der Waals surface area (Å²) in [6.07, 6.45) is 0.849. The molecular weight excluding hydrogens is 442 g/mol. The molecule has 3 rings (SSSR count). The number of nitrogens with one attached hydrogen (secondary N) is 1. The van der Waals surface area contributed by atoms with Crippen LogP contribution in [0.25, 0.3) is 0 Å². The van der Waals surface area contributed by atoms with Crippen molar-refractivity contribution in [1.82, 2.24) is 0 Å². The first-order chi connectivity index (χ1) is 14.5. The van der Waals surface area contributed by atoms with Gasteiger partial charge in [-0.2, -0.15) is 0 Å². The highest BCUT2D eigenvalue weighted by molar-refractivity contribution is 9.10. The van der Waals surface area contributed by atoms with Gasteiger partial charge < -0.3 is 14.8 Å². The van der Waals surface area contributed by atoms with Gasteiger partial charge in [0.2, 0.25) is 0 Å². The fourth-order valence-electron chi connectivity index (χ4n) is 2.83. The van der Waals surface area contributed by atoms with Crippen molar-refractivity contribution in [3.05, 3.63) is 88.4 Å². The Kier molecular flexibility index (Phi) is 7.91. The minimum absolute atomic E-state index is 0.215. The van der Waals surface area contributed by atoms with Crippen molar-refractivity contribution in [1.29, 1.82) is 0 Å². The first-order valence-corrected chi connectivity index (χ1v) is 10.8. The van der Waals surface area contributed by atoms with Crippen LogP contribution in [0, 0.1) is 5.92 Å². The van der Waals surface area contributed by atoms with Crippen LogP contribution >= 0.6 is 15.9 Å². The Morgan fingerprint density at radius 3 is 2.40 bits per heavy atom. The number of ether oxygens (including phenoxy) is 2. The Bertz CT molecular complexity index is 956. The normalized spacial score (nSPS) is 10.7. The van der Waals surface area contributed by atoms with Crippen molar-refractivity contribution in [3.8, 4) is 11.5 Å². The van der Waals surface area contributed by atoms with Crippen LogP contribution in [-0.2, 0) is 6.42 Å². The number of hydrogen-bond acceptors (Lipinski definition) is 3. The maximum Gasteiger partial charge on any atom is 0.259 e. The molecule has 0 bridgehead atoms. The number of carbonyl (C=O) groups is 1. The van der Waals surface area contributed by atoms with Crippen molar-refractivity contribution in [2.24, 2.45) is 5.92 Å². The van der Waals surface area contributed by atoms with Gasteiger partial charge in [0.15, 0.2) is 0 Å². The number of anilines is 1. The Labute approximate surface area is 186 Å². The second-order valence-corrected chi connectivity index (χ2v) is 8.32. The van der Waals surface area contributed by atoms with E-state index in [-0.39, 0.29) is 5.91 Å². The summed E-state index contributed by atoms with van der Waals surface area (Å²) in [4.78, 5) is 12.8. The zero-order valence-corrected chi connectivity index (χ0v) is 18.8. The lowest BCUT2D eigenvalue weighted by molar-refractivity contribution is 0.102. The van der Waals surface area contributed by atoms with E-state index in [9.17, 15) is 4.79 Å². The van der Waals surface area contributed by atoms with E-state index in [4.69, 9.17) is 9.47 Å². The summed E-state index contributed by atoms with van der Waals surface area (Å²) in [7, 11) is 0. The van der Waals surface area contributed by atoms with Crippen LogP contribution < -0.4 is 14.8 Å². The Morgan fingerprint density at radius 1 is 0.967 bits per heavy atom. The van der Waals surface area contributed by atoms with Crippen molar-refractivity contribution in [2.75, 3.05) is 18.5 Å². The van der Waals surface area contributed by atoms with Crippen LogP contribution in [0.3, 0.4) is 0 Å². The summed E-state index contributed by atoms with van der Waals surface area (Å²) in [6.45, 7) is 5.30. The van der Waals surface area contributed by atoms with Gasteiger partial charge >= 0.3 is 0 Å². The van der Waals surface area contributed by atoms with Crippen LogP contribution in [0.4, 0.5) is 5.69 Å². The van der Waals surface area contributed by atoms with E-state index in [2.05, 4.69) is 47.2 Å². The van der Waals surface area contributed by atoms with E-state index in [0.29, 0.717) is 36.1 Å². The first-order valence-electron chi connectivity index (χ1n) is 10.0. The van der Waals surface area contributed by atoms with E-state index in [0.717, 1.165) is 16.6 Å². The predicted octanol–water partition coefficient (Wildman–Crippen LogP) is 6.36. The van der Waals surface area contributed by atoms with Gasteiger partial charge in [0.25, 0.3) is 5.91 Å². The molecule has 0 aromatic heterocycles. The lowest BCUT2D eigenvalue weighted by Gasteiger charge is -2.14. The first kappa shape index (κ1) is 21.9. The van der Waals surface area contributed by atoms with Crippen molar-refractivity contribution in [2.45, 2.75) is 20.3 Å². The molecule has 0 atom stereocenters. The molecule has 4 nitrogen and oxygen atoms in total. The lowest BCUT2D eigenvalue weighted by Crippen LogP contribution is -2.15. The van der Waals surface area contributed by atoms with E-state index in [1.807, 2.05) is 54.6 Å². The second-order valence-electron chi connectivity index (χ2n) is 7.41. The molecule has 0 radical (unpaired) electrons. The number of hydrogen-bond donors (Lipinski definition) is 1. The zero-order valence-electron chi connectivity index (χ0n) is 17.2. The summed E-state index contributed by atoms with van der Waals surface area (Å²) in [5, 5.41) is 2.93. The maximum absolute atomic E-state index is 12.8. The van der Waals surface area contributed by atoms with E-state index >= 15 is 0 Å². The van der Waals surface area contributed by atoms with Crippen molar-refractivity contribution in [3.63, 3.8) is 0 Å². The van der Waals surface area contributed by atoms with E-state index in [1.54, 1.807) is 6.07 Å². The highest BCUT2D eigenvalue weighted by Crippen LogP contribution is 2.25. The summed E-state index contributed by atoms with van der Waals surface area (Å²) >= 11 is 3.43. The highest BCUT2D eigenvalue weighted by Gasteiger charge is 2.14. The standard InChI is InChI=1S/C25H26BrNO3/c1-18(2)17-30-24-13-8-20(26)16-23(24)25(28)27-21-9-11-22(12-10-21)29-15-14-19-6-4-3-5-7-19/h3-13,16,18H,14-15,17H2,1-2H3,(H,27,28). The summed E-state index contributed by atoms with van der Waals surface area (Å²) in [5.41, 5.74) is 2.43. The Balaban J connectivity index is 1.58. The van der Waals surface area contributed by atoms with Crippen LogP contribution in [0.5, 0.6) is 11.5 Å². The fraction of sp³-hybridized carbons (Fsp3) is 0.240. The SMILES string of the molecule is CC(C)COc1ccc(Br)cc1C(=O)Nc1ccc(OCCc2ccccc2)cc1. The average molecular weight is 468 g/mol. The minimum atomic E-state index is -0.215. The molecule has 156 valence electrons. The third-order valence-electron chi connectivity index (χ3n) is 4.37. The molecule has 0 spiro atoms. The predicted molar refractivity (Wildman–Crippen MR) is 125 cm³/mol. The fourth-order valence-corrected chi connectivity index (χ4v) is 3.19. The molecule has 3 aromatic rings. The molecule has 1 N–H and O–H groups in total. The summed E-state index contributed by atoms with van der Waals surface area (Å²) in [5.74, 6) is 1.50. The van der Waals surface area contributed by atoms with Crippen LogP contribution in [0.1, 0.15) is 29.8 Å². The molecule has 0 fully saturated rings. The molecule has 30 heavy (non-hydrogen) atoms. The number of carbonyl (C=O) groups excluding carboxylic acids is 1. The molecule has 0 saturated heterocycles. The molecule has 0 unspecified atom stereocenters. The maximum atomic E-state index is 12.8. The zero-order chi connectivity index (χ0) is 21.3. The van der Waals surface area contributed by atoms with Crippen LogP contribution in [-0.4, -0.2) is 19.1 Å². The molecule has 0 aliphatic carbocycles. The van der Waals surface area contributed by atoms with Crippen molar-refractivity contribution < 1.29 is 14.3 Å². The Hall–Kier alpha value is -2.79. The van der Waals surface area contributed by atoms with Gasteiger partial charge in [-0.05, 0) is 53.9 Å². The molecule has 0 aliphatic heterocycles. The smallest absolute Gasteiger partial charge is 0.259 e. The molecule has 0 heterocycles. The molecule has 0 aliphatic rings. The van der Waals surface area contributed by atoms with Crippen LogP contribution in [0.15, 0.2) is 77.3 Å². The molecule has 1 amide bonds. The highest BCUT2D eigenvalue weighted by atomic mass is 79.9. The third-order valence-corrected chi connectivity index (χ3v) is 4.87. The largest absolute Gasteiger partial charge is 0.493 e. The molecule has 3 aromatic carbocycles. The number of halogens is 1. The Morgan fingerprint density at radius 2 is 1.70 bits per heavy atom. The summed E-state index contributed by atoms with van der Waals surface area (Å²) in [6, 6.07) is 23.1. The van der Waals surface area contributed by atoms with Gasteiger partial charge in [0, 0.05) is 16.6 Å². The monoisotopic (exact) mass is 467 g/mol. The average Bonchev–Trinajstić information content (AvgIpc) is 2.74. The van der Waals surface area contributed by atoms with E-state index < -0.39 is 0 Å². The van der Waals surface area contributed by atoms with Gasteiger partial charge in [-0.1, -0.05) is 60.1 Å². The van der Waals surface area contributed by atoms with Gasteiger partial charge in [-0.25, -0.2) is 0 Å².